The lowest BCUT2D eigenvalue weighted by Gasteiger charge is -2.19. The van der Waals surface area contributed by atoms with E-state index in [9.17, 15) is 13.2 Å². The van der Waals surface area contributed by atoms with E-state index in [4.69, 9.17) is 9.47 Å². The number of sulfone groups is 1. The molecule has 1 aliphatic rings. The summed E-state index contributed by atoms with van der Waals surface area (Å²) < 4.78 is 34.5. The Morgan fingerprint density at radius 2 is 1.79 bits per heavy atom. The summed E-state index contributed by atoms with van der Waals surface area (Å²) in [5.74, 6) is 0.884. The Kier molecular flexibility index (Phi) is 4.44. The Labute approximate surface area is 140 Å². The van der Waals surface area contributed by atoms with E-state index in [0.717, 1.165) is 11.8 Å². The second-order valence-corrected chi connectivity index (χ2v) is 7.41. The highest BCUT2D eigenvalue weighted by Crippen LogP contribution is 2.30. The third kappa shape index (κ3) is 3.51. The molecule has 0 spiro atoms. The molecule has 2 aromatic rings. The van der Waals surface area contributed by atoms with Gasteiger partial charge in [-0.3, -0.25) is 4.79 Å². The van der Waals surface area contributed by atoms with Crippen LogP contribution in [0, 0.1) is 0 Å². The minimum atomic E-state index is -3.47. The zero-order valence-corrected chi connectivity index (χ0v) is 13.9. The maximum atomic E-state index is 12.3. The van der Waals surface area contributed by atoms with Crippen LogP contribution < -0.4 is 14.8 Å². The second kappa shape index (κ2) is 6.52. The number of hydrogen-bond acceptors (Lipinski definition) is 5. The molecule has 0 unspecified atom stereocenters. The zero-order chi connectivity index (χ0) is 17.2. The summed E-state index contributed by atoms with van der Waals surface area (Å²) in [5.41, 5.74) is 0.974. The van der Waals surface area contributed by atoms with Gasteiger partial charge in [0.15, 0.2) is 21.3 Å². The number of carbonyl (C=O) groups excluding carboxylic acids is 1. The van der Waals surface area contributed by atoms with Gasteiger partial charge < -0.3 is 14.8 Å². The van der Waals surface area contributed by atoms with Crippen molar-refractivity contribution in [1.29, 1.82) is 0 Å². The molecule has 1 heterocycles. The molecule has 1 N–H and O–H groups in total. The fourth-order valence-corrected chi connectivity index (χ4v) is 3.34. The van der Waals surface area contributed by atoms with E-state index >= 15 is 0 Å². The summed E-state index contributed by atoms with van der Waals surface area (Å²) in [6.45, 7) is 1.27. The molecule has 3 rings (SSSR count). The summed E-state index contributed by atoms with van der Waals surface area (Å²) in [6, 6.07) is 11.6. The molecule has 126 valence electrons. The van der Waals surface area contributed by atoms with Gasteiger partial charge in [-0.05, 0) is 29.8 Å². The van der Waals surface area contributed by atoms with Gasteiger partial charge in [-0.2, -0.15) is 0 Å². The summed E-state index contributed by atoms with van der Waals surface area (Å²) in [5, 5.41) is 2.73. The molecule has 24 heavy (non-hydrogen) atoms. The van der Waals surface area contributed by atoms with Crippen LogP contribution in [0.4, 0.5) is 0 Å². The first kappa shape index (κ1) is 16.3. The Hall–Kier alpha value is -2.54. The van der Waals surface area contributed by atoms with Crippen molar-refractivity contribution in [3.8, 4) is 11.5 Å². The molecular formula is C17H17NO5S. The summed E-state index contributed by atoms with van der Waals surface area (Å²) >= 11 is 0. The lowest BCUT2D eigenvalue weighted by Crippen LogP contribution is -2.25. The van der Waals surface area contributed by atoms with Crippen LogP contribution >= 0.6 is 0 Å². The number of fused-ring (bicyclic) bond motifs is 1. The van der Waals surface area contributed by atoms with E-state index in [1.165, 1.54) is 12.1 Å². The Morgan fingerprint density at radius 1 is 1.08 bits per heavy atom. The van der Waals surface area contributed by atoms with Crippen LogP contribution in [0.3, 0.4) is 0 Å². The van der Waals surface area contributed by atoms with Gasteiger partial charge in [0.25, 0.3) is 5.91 Å². The van der Waals surface area contributed by atoms with Crippen LogP contribution in [0.5, 0.6) is 11.5 Å². The van der Waals surface area contributed by atoms with Gasteiger partial charge >= 0.3 is 0 Å². The minimum absolute atomic E-state index is 0.0182. The average Bonchev–Trinajstić information content (AvgIpc) is 2.58. The van der Waals surface area contributed by atoms with Crippen LogP contribution in [-0.4, -0.2) is 33.8 Å². The van der Waals surface area contributed by atoms with Crippen molar-refractivity contribution in [2.24, 2.45) is 0 Å². The Balaban J connectivity index is 1.75. The molecule has 0 aromatic heterocycles. The van der Waals surface area contributed by atoms with Crippen LogP contribution in [0.1, 0.15) is 15.9 Å². The molecule has 0 radical (unpaired) electrons. The first-order valence-electron chi connectivity index (χ1n) is 7.41. The maximum Gasteiger partial charge on any atom is 0.252 e. The number of rotatable bonds is 4. The van der Waals surface area contributed by atoms with Crippen molar-refractivity contribution in [3.05, 3.63) is 53.6 Å². The molecule has 0 atom stereocenters. The van der Waals surface area contributed by atoms with Crippen LogP contribution in [-0.2, 0) is 16.4 Å². The summed E-state index contributed by atoms with van der Waals surface area (Å²) in [7, 11) is -3.47. The molecule has 0 saturated heterocycles. The topological polar surface area (TPSA) is 81.7 Å². The molecule has 0 saturated carbocycles. The fourth-order valence-electron chi connectivity index (χ4n) is 2.45. The number of hydrogen-bond donors (Lipinski definition) is 1. The molecule has 6 nitrogen and oxygen atoms in total. The Morgan fingerprint density at radius 3 is 2.54 bits per heavy atom. The third-order valence-corrected chi connectivity index (χ3v) is 4.75. The number of benzene rings is 2. The average molecular weight is 347 g/mol. The Bertz CT molecular complexity index is 876. The molecule has 0 bridgehead atoms. The van der Waals surface area contributed by atoms with Gasteiger partial charge in [0, 0.05) is 12.8 Å². The van der Waals surface area contributed by atoms with Gasteiger partial charge in [0.1, 0.15) is 13.2 Å². The first-order valence-corrected chi connectivity index (χ1v) is 9.30. The number of ether oxygens (including phenoxy) is 2. The highest BCUT2D eigenvalue weighted by atomic mass is 32.2. The summed E-state index contributed by atoms with van der Waals surface area (Å²) in [4.78, 5) is 12.4. The smallest absolute Gasteiger partial charge is 0.252 e. The van der Waals surface area contributed by atoms with Gasteiger partial charge in [-0.25, -0.2) is 8.42 Å². The lowest BCUT2D eigenvalue weighted by molar-refractivity contribution is 0.0947. The van der Waals surface area contributed by atoms with Gasteiger partial charge in [0.2, 0.25) is 0 Å². The molecule has 0 aliphatic carbocycles. The number of nitrogens with one attached hydrogen (secondary N) is 1. The van der Waals surface area contributed by atoms with E-state index in [0.29, 0.717) is 24.7 Å². The first-order chi connectivity index (χ1) is 11.4. The van der Waals surface area contributed by atoms with Crippen molar-refractivity contribution in [2.75, 3.05) is 19.5 Å². The van der Waals surface area contributed by atoms with Crippen molar-refractivity contribution in [1.82, 2.24) is 5.32 Å². The van der Waals surface area contributed by atoms with E-state index in [-0.39, 0.29) is 17.0 Å². The molecular weight excluding hydrogens is 330 g/mol. The van der Waals surface area contributed by atoms with Gasteiger partial charge in [-0.1, -0.05) is 18.2 Å². The number of amides is 1. The highest BCUT2D eigenvalue weighted by molar-refractivity contribution is 7.90. The number of carbonyl (C=O) groups is 1. The quantitative estimate of drug-likeness (QED) is 0.912. The molecule has 0 fully saturated rings. The van der Waals surface area contributed by atoms with E-state index in [1.54, 1.807) is 24.3 Å². The SMILES string of the molecule is CS(=O)(=O)c1ccccc1C(=O)NCc1ccc2c(c1)OCCO2. The van der Waals surface area contributed by atoms with Gasteiger partial charge in [-0.15, -0.1) is 0 Å². The standard InChI is InChI=1S/C17H17NO5S/c1-24(20,21)16-5-3-2-4-13(16)17(19)18-11-12-6-7-14-15(10-12)23-9-8-22-14/h2-7,10H,8-9,11H2,1H3,(H,18,19). The van der Waals surface area contributed by atoms with E-state index < -0.39 is 15.7 Å². The zero-order valence-electron chi connectivity index (χ0n) is 13.1. The van der Waals surface area contributed by atoms with Crippen molar-refractivity contribution < 1.29 is 22.7 Å². The predicted octanol–water partition coefficient (Wildman–Crippen LogP) is 1.79. The second-order valence-electron chi connectivity index (χ2n) is 5.43. The van der Waals surface area contributed by atoms with Crippen LogP contribution in [0.2, 0.25) is 0 Å². The van der Waals surface area contributed by atoms with Crippen LogP contribution in [0.15, 0.2) is 47.4 Å². The molecule has 1 amide bonds. The van der Waals surface area contributed by atoms with Crippen molar-refractivity contribution >= 4 is 15.7 Å². The fraction of sp³-hybridized carbons (Fsp3) is 0.235. The highest BCUT2D eigenvalue weighted by Gasteiger charge is 2.18. The third-order valence-electron chi connectivity index (χ3n) is 3.59. The maximum absolute atomic E-state index is 12.3. The van der Waals surface area contributed by atoms with Crippen molar-refractivity contribution in [2.45, 2.75) is 11.4 Å². The predicted molar refractivity (Wildman–Crippen MR) is 88.2 cm³/mol. The van der Waals surface area contributed by atoms with Crippen LogP contribution in [0.25, 0.3) is 0 Å². The van der Waals surface area contributed by atoms with Gasteiger partial charge in [0.05, 0.1) is 10.5 Å². The summed E-state index contributed by atoms with van der Waals surface area (Å²) in [6.07, 6.45) is 1.08. The molecule has 2 aromatic carbocycles. The van der Waals surface area contributed by atoms with E-state index in [1.807, 2.05) is 6.07 Å². The van der Waals surface area contributed by atoms with Crippen molar-refractivity contribution in [3.63, 3.8) is 0 Å². The molecule has 1 aliphatic heterocycles. The van der Waals surface area contributed by atoms with E-state index in [2.05, 4.69) is 5.32 Å². The minimum Gasteiger partial charge on any atom is -0.486 e. The lowest BCUT2D eigenvalue weighted by atomic mass is 10.1. The molecule has 7 heteroatoms. The monoisotopic (exact) mass is 347 g/mol. The normalized spacial score (nSPS) is 13.4. The largest absolute Gasteiger partial charge is 0.486 e.